The van der Waals surface area contributed by atoms with Gasteiger partial charge in [-0.2, -0.15) is 0 Å². The molecule has 0 N–H and O–H groups in total. The lowest BCUT2D eigenvalue weighted by atomic mass is 9.76. The number of carbonyl (C=O) groups is 1. The first-order valence-corrected chi connectivity index (χ1v) is 9.56. The molecular weight excluding hydrogens is 316 g/mol. The van der Waals surface area contributed by atoms with E-state index in [0.29, 0.717) is 11.4 Å². The van der Waals surface area contributed by atoms with Gasteiger partial charge < -0.3 is 14.4 Å². The van der Waals surface area contributed by atoms with Gasteiger partial charge in [0.25, 0.3) is 5.91 Å². The zero-order chi connectivity index (χ0) is 17.4. The van der Waals surface area contributed by atoms with Crippen LogP contribution in [0, 0.1) is 5.41 Å². The molecule has 1 spiro atoms. The number of likely N-dealkylation sites (tertiary alicyclic amines) is 1. The maximum Gasteiger partial charge on any atom is 0.259 e. The molecule has 2 fully saturated rings. The minimum absolute atomic E-state index is 0.0693. The van der Waals surface area contributed by atoms with Gasteiger partial charge in [-0.05, 0) is 56.6 Å². The second-order valence-corrected chi connectivity index (χ2v) is 7.81. The highest BCUT2D eigenvalue weighted by Crippen LogP contribution is 2.46. The van der Waals surface area contributed by atoms with Gasteiger partial charge in [-0.1, -0.05) is 6.42 Å². The molecule has 2 atom stereocenters. The first kappa shape index (κ1) is 16.8. The number of hydrogen-bond donors (Lipinski definition) is 0. The van der Waals surface area contributed by atoms with Gasteiger partial charge in [0, 0.05) is 31.3 Å². The molecule has 1 aliphatic heterocycles. The van der Waals surface area contributed by atoms with Crippen molar-refractivity contribution >= 4 is 5.91 Å². The predicted molar refractivity (Wildman–Crippen MR) is 95.0 cm³/mol. The summed E-state index contributed by atoms with van der Waals surface area (Å²) >= 11 is 0. The van der Waals surface area contributed by atoms with Gasteiger partial charge in [0.1, 0.15) is 5.56 Å². The molecule has 1 saturated heterocycles. The molecule has 1 saturated carbocycles. The number of pyridine rings is 1. The molecule has 2 heterocycles. The monoisotopic (exact) mass is 344 g/mol. The molecule has 25 heavy (non-hydrogen) atoms. The van der Waals surface area contributed by atoms with Crippen LogP contribution in [0.5, 0.6) is 5.88 Å². The average Bonchev–Trinajstić information content (AvgIpc) is 3.26. The molecule has 2 aliphatic carbocycles. The SMILES string of the molecule is COc1nc2c(cc1C(=O)N1CCC[C@@]3(CCC[C@H]3OC)C1)CCC2. The Morgan fingerprint density at radius 1 is 1.24 bits per heavy atom. The van der Waals surface area contributed by atoms with E-state index in [4.69, 9.17) is 9.47 Å². The van der Waals surface area contributed by atoms with E-state index in [1.807, 2.05) is 18.1 Å². The van der Waals surface area contributed by atoms with Crippen molar-refractivity contribution in [2.24, 2.45) is 5.41 Å². The number of nitrogens with zero attached hydrogens (tertiary/aromatic N) is 2. The summed E-state index contributed by atoms with van der Waals surface area (Å²) in [6, 6.07) is 2.03. The number of ether oxygens (including phenoxy) is 2. The fraction of sp³-hybridized carbons (Fsp3) is 0.700. The quantitative estimate of drug-likeness (QED) is 0.846. The summed E-state index contributed by atoms with van der Waals surface area (Å²) in [4.78, 5) is 19.9. The lowest BCUT2D eigenvalue weighted by molar-refractivity contribution is -0.0296. The fourth-order valence-electron chi connectivity index (χ4n) is 5.21. The molecule has 0 aromatic carbocycles. The van der Waals surface area contributed by atoms with E-state index in [-0.39, 0.29) is 17.4 Å². The fourth-order valence-corrected chi connectivity index (χ4v) is 5.21. The van der Waals surface area contributed by atoms with Crippen molar-refractivity contribution in [3.63, 3.8) is 0 Å². The Bertz CT molecular complexity index is 675. The van der Waals surface area contributed by atoms with Crippen LogP contribution in [0.4, 0.5) is 0 Å². The maximum absolute atomic E-state index is 13.3. The van der Waals surface area contributed by atoms with E-state index in [2.05, 4.69) is 4.98 Å². The molecule has 5 heteroatoms. The van der Waals surface area contributed by atoms with Gasteiger partial charge in [0.2, 0.25) is 5.88 Å². The van der Waals surface area contributed by atoms with Crippen molar-refractivity contribution in [3.8, 4) is 5.88 Å². The number of hydrogen-bond acceptors (Lipinski definition) is 4. The number of piperidine rings is 1. The number of fused-ring (bicyclic) bond motifs is 1. The Morgan fingerprint density at radius 2 is 2.08 bits per heavy atom. The third kappa shape index (κ3) is 2.82. The molecule has 0 radical (unpaired) electrons. The smallest absolute Gasteiger partial charge is 0.259 e. The molecule has 1 aromatic heterocycles. The summed E-state index contributed by atoms with van der Waals surface area (Å²) in [5.41, 5.74) is 3.08. The summed E-state index contributed by atoms with van der Waals surface area (Å²) in [6.45, 7) is 1.61. The molecule has 1 amide bonds. The van der Waals surface area contributed by atoms with Crippen molar-refractivity contribution in [3.05, 3.63) is 22.9 Å². The molecule has 1 aromatic rings. The van der Waals surface area contributed by atoms with Crippen LogP contribution in [-0.4, -0.2) is 49.2 Å². The van der Waals surface area contributed by atoms with E-state index < -0.39 is 0 Å². The van der Waals surface area contributed by atoms with E-state index in [9.17, 15) is 4.79 Å². The second kappa shape index (κ2) is 6.60. The minimum Gasteiger partial charge on any atom is -0.480 e. The number of methoxy groups -OCH3 is 2. The summed E-state index contributed by atoms with van der Waals surface area (Å²) < 4.78 is 11.2. The van der Waals surface area contributed by atoms with Crippen LogP contribution in [-0.2, 0) is 17.6 Å². The third-order valence-electron chi connectivity index (χ3n) is 6.44. The predicted octanol–water partition coefficient (Wildman–Crippen LogP) is 3.00. The summed E-state index contributed by atoms with van der Waals surface area (Å²) in [5, 5.41) is 0. The highest BCUT2D eigenvalue weighted by molar-refractivity contribution is 5.96. The minimum atomic E-state index is 0.0693. The van der Waals surface area contributed by atoms with Crippen LogP contribution in [0.3, 0.4) is 0 Å². The van der Waals surface area contributed by atoms with Crippen LogP contribution in [0.1, 0.15) is 60.1 Å². The van der Waals surface area contributed by atoms with Crippen LogP contribution in [0.15, 0.2) is 6.07 Å². The number of aromatic nitrogens is 1. The average molecular weight is 344 g/mol. The van der Waals surface area contributed by atoms with Crippen molar-refractivity contribution in [2.45, 2.75) is 57.5 Å². The molecular formula is C20H28N2O3. The van der Waals surface area contributed by atoms with Crippen LogP contribution < -0.4 is 4.74 Å². The van der Waals surface area contributed by atoms with Crippen LogP contribution >= 0.6 is 0 Å². The van der Waals surface area contributed by atoms with Gasteiger partial charge in [-0.25, -0.2) is 4.98 Å². The van der Waals surface area contributed by atoms with Gasteiger partial charge in [0.15, 0.2) is 0 Å². The number of amides is 1. The molecule has 5 nitrogen and oxygen atoms in total. The molecule has 0 unspecified atom stereocenters. The normalized spacial score (nSPS) is 28.4. The molecule has 3 aliphatic rings. The first-order chi connectivity index (χ1) is 12.2. The summed E-state index contributed by atoms with van der Waals surface area (Å²) in [6.07, 6.45) is 9.09. The van der Waals surface area contributed by atoms with Crippen molar-refractivity contribution < 1.29 is 14.3 Å². The Morgan fingerprint density at radius 3 is 2.88 bits per heavy atom. The van der Waals surface area contributed by atoms with Crippen LogP contribution in [0.2, 0.25) is 0 Å². The van der Waals surface area contributed by atoms with E-state index >= 15 is 0 Å². The standard InChI is InChI=1S/C20H28N2O3/c1-24-17-8-4-9-20(17)10-5-11-22(13-20)19(23)15-12-14-6-3-7-16(14)21-18(15)25-2/h12,17H,3-11,13H2,1-2H3/t17-,20+/m1/s1. The van der Waals surface area contributed by atoms with Crippen molar-refractivity contribution in [2.75, 3.05) is 27.3 Å². The summed E-state index contributed by atoms with van der Waals surface area (Å²) in [5.74, 6) is 0.555. The topological polar surface area (TPSA) is 51.7 Å². The van der Waals surface area contributed by atoms with E-state index in [1.165, 1.54) is 12.0 Å². The lowest BCUT2D eigenvalue weighted by Crippen LogP contribution is -2.49. The van der Waals surface area contributed by atoms with Gasteiger partial charge in [-0.15, -0.1) is 0 Å². The van der Waals surface area contributed by atoms with Crippen LogP contribution in [0.25, 0.3) is 0 Å². The Hall–Kier alpha value is -1.62. The highest BCUT2D eigenvalue weighted by Gasteiger charge is 2.47. The number of aryl methyl sites for hydroxylation is 2. The highest BCUT2D eigenvalue weighted by atomic mass is 16.5. The van der Waals surface area contributed by atoms with Crippen molar-refractivity contribution in [1.29, 1.82) is 0 Å². The Balaban J connectivity index is 1.61. The van der Waals surface area contributed by atoms with E-state index in [1.54, 1.807) is 7.11 Å². The Labute approximate surface area is 149 Å². The molecule has 136 valence electrons. The second-order valence-electron chi connectivity index (χ2n) is 7.81. The zero-order valence-electron chi connectivity index (χ0n) is 15.3. The maximum atomic E-state index is 13.3. The number of rotatable bonds is 3. The Kier molecular flexibility index (Phi) is 4.44. The third-order valence-corrected chi connectivity index (χ3v) is 6.44. The van der Waals surface area contributed by atoms with Gasteiger partial charge in [0.05, 0.1) is 13.2 Å². The zero-order valence-corrected chi connectivity index (χ0v) is 15.3. The summed E-state index contributed by atoms with van der Waals surface area (Å²) in [7, 11) is 3.42. The van der Waals surface area contributed by atoms with E-state index in [0.717, 1.165) is 63.7 Å². The first-order valence-electron chi connectivity index (χ1n) is 9.56. The molecule has 4 rings (SSSR count). The number of carbonyl (C=O) groups excluding carboxylic acids is 1. The lowest BCUT2D eigenvalue weighted by Gasteiger charge is -2.43. The molecule has 0 bridgehead atoms. The van der Waals surface area contributed by atoms with Gasteiger partial charge in [-0.3, -0.25) is 4.79 Å². The van der Waals surface area contributed by atoms with Crippen molar-refractivity contribution in [1.82, 2.24) is 9.88 Å². The largest absolute Gasteiger partial charge is 0.480 e. The van der Waals surface area contributed by atoms with Gasteiger partial charge >= 0.3 is 0 Å².